The summed E-state index contributed by atoms with van der Waals surface area (Å²) in [7, 11) is -0.875. The van der Waals surface area contributed by atoms with E-state index in [0.717, 1.165) is 26.7 Å². The van der Waals surface area contributed by atoms with E-state index in [0.29, 0.717) is 13.0 Å². The molecule has 1 unspecified atom stereocenters. The van der Waals surface area contributed by atoms with Crippen molar-refractivity contribution in [2.24, 2.45) is 0 Å². The van der Waals surface area contributed by atoms with Crippen LogP contribution in [0, 0.1) is 11.2 Å². The predicted octanol–water partition coefficient (Wildman–Crippen LogP) is 4.01. The number of amides is 1. The van der Waals surface area contributed by atoms with E-state index < -0.39 is 10.0 Å². The Bertz CT molecular complexity index is 924. The number of fused-ring (bicyclic) bond motifs is 1. The van der Waals surface area contributed by atoms with Crippen molar-refractivity contribution in [3.63, 3.8) is 0 Å². The quantitative estimate of drug-likeness (QED) is 0.722. The van der Waals surface area contributed by atoms with Crippen LogP contribution in [0.3, 0.4) is 0 Å². The zero-order valence-electron chi connectivity index (χ0n) is 15.8. The van der Waals surface area contributed by atoms with Crippen LogP contribution in [0.15, 0.2) is 46.9 Å². The number of rotatable bonds is 4. The van der Waals surface area contributed by atoms with E-state index in [9.17, 15) is 9.90 Å². The van der Waals surface area contributed by atoms with Gasteiger partial charge in [-0.25, -0.2) is 0 Å². The van der Waals surface area contributed by atoms with Gasteiger partial charge in [-0.2, -0.15) is 10.0 Å². The van der Waals surface area contributed by atoms with E-state index in [-0.39, 0.29) is 18.6 Å². The average molecular weight is 446 g/mol. The Morgan fingerprint density at radius 2 is 2.00 bits per heavy atom. The number of carbonyl (C=O) groups is 1. The van der Waals surface area contributed by atoms with Gasteiger partial charge in [-0.1, -0.05) is 34.0 Å². The summed E-state index contributed by atoms with van der Waals surface area (Å²) >= 11 is 3.46. The summed E-state index contributed by atoms with van der Waals surface area (Å²) in [6.45, 7) is 0.467. The molecule has 1 atom stereocenters. The van der Waals surface area contributed by atoms with Crippen molar-refractivity contribution in [1.82, 2.24) is 4.90 Å². The molecule has 2 aromatic carbocycles. The van der Waals surface area contributed by atoms with Crippen molar-refractivity contribution < 1.29 is 9.90 Å². The van der Waals surface area contributed by atoms with Gasteiger partial charge in [0.05, 0.1) is 12.6 Å². The highest BCUT2D eigenvalue weighted by atomic mass is 79.9. The molecule has 3 rings (SSSR count). The molecule has 3 nitrogen and oxygen atoms in total. The van der Waals surface area contributed by atoms with Gasteiger partial charge in [0.25, 0.3) is 5.91 Å². The SMILES string of the molecule is CS(C)(C)C#Cc1cccc(CC(CO)N2Cc3cc(Br)ccc3C2=O)c1. The first kappa shape index (κ1) is 20.0. The number of hydrogen-bond donors (Lipinski definition) is 1. The molecule has 0 saturated carbocycles. The second-order valence-corrected chi connectivity index (χ2v) is 12.3. The van der Waals surface area contributed by atoms with Crippen molar-refractivity contribution in [2.75, 3.05) is 25.4 Å². The molecule has 27 heavy (non-hydrogen) atoms. The Morgan fingerprint density at radius 3 is 2.70 bits per heavy atom. The Kier molecular flexibility index (Phi) is 6.00. The number of hydrogen-bond acceptors (Lipinski definition) is 2. The third kappa shape index (κ3) is 4.95. The summed E-state index contributed by atoms with van der Waals surface area (Å²) in [6, 6.07) is 13.5. The number of halogens is 1. The van der Waals surface area contributed by atoms with Crippen molar-refractivity contribution in [1.29, 1.82) is 0 Å². The van der Waals surface area contributed by atoms with Gasteiger partial charge in [-0.3, -0.25) is 4.79 Å². The van der Waals surface area contributed by atoms with Crippen LogP contribution in [0.25, 0.3) is 0 Å². The molecule has 1 aliphatic heterocycles. The van der Waals surface area contributed by atoms with E-state index in [1.807, 2.05) is 36.4 Å². The lowest BCUT2D eigenvalue weighted by Crippen LogP contribution is -2.39. The summed E-state index contributed by atoms with van der Waals surface area (Å²) < 4.78 is 0.962. The molecule has 0 aliphatic carbocycles. The summed E-state index contributed by atoms with van der Waals surface area (Å²) in [4.78, 5) is 14.5. The molecule has 1 amide bonds. The molecule has 1 heterocycles. The number of benzene rings is 2. The van der Waals surface area contributed by atoms with Gasteiger partial charge in [0.2, 0.25) is 0 Å². The van der Waals surface area contributed by atoms with Crippen LogP contribution in [0.5, 0.6) is 0 Å². The lowest BCUT2D eigenvalue weighted by Gasteiger charge is -2.26. The van der Waals surface area contributed by atoms with Crippen LogP contribution >= 0.6 is 26.0 Å². The summed E-state index contributed by atoms with van der Waals surface area (Å²) in [5.41, 5.74) is 3.78. The maximum atomic E-state index is 12.8. The molecule has 0 spiro atoms. The smallest absolute Gasteiger partial charge is 0.254 e. The third-order valence-electron chi connectivity index (χ3n) is 4.45. The highest BCUT2D eigenvalue weighted by molar-refractivity contribution is 9.10. The molecule has 2 aromatic rings. The van der Waals surface area contributed by atoms with Crippen molar-refractivity contribution in [3.8, 4) is 11.2 Å². The molecule has 0 radical (unpaired) electrons. The van der Waals surface area contributed by atoms with Crippen molar-refractivity contribution in [2.45, 2.75) is 19.0 Å². The van der Waals surface area contributed by atoms with Crippen molar-refractivity contribution >= 4 is 31.9 Å². The predicted molar refractivity (Wildman–Crippen MR) is 117 cm³/mol. The Labute approximate surface area is 171 Å². The summed E-state index contributed by atoms with van der Waals surface area (Å²) in [5.74, 6) is 3.24. The molecule has 1 aliphatic rings. The number of aliphatic hydroxyl groups is 1. The first-order valence-electron chi connectivity index (χ1n) is 8.77. The van der Waals surface area contributed by atoms with Crippen LogP contribution in [-0.4, -0.2) is 47.3 Å². The van der Waals surface area contributed by atoms with E-state index in [1.165, 1.54) is 0 Å². The molecule has 142 valence electrons. The summed E-state index contributed by atoms with van der Waals surface area (Å²) in [6.07, 6.45) is 7.11. The van der Waals surface area contributed by atoms with Gasteiger partial charge >= 0.3 is 0 Å². The first-order valence-corrected chi connectivity index (χ1v) is 12.4. The van der Waals surface area contributed by atoms with E-state index in [4.69, 9.17) is 0 Å². The maximum absolute atomic E-state index is 12.8. The van der Waals surface area contributed by atoms with Crippen LogP contribution in [0.1, 0.15) is 27.0 Å². The van der Waals surface area contributed by atoms with Crippen LogP contribution in [-0.2, 0) is 13.0 Å². The molecular formula is C22H24BrNO2S. The van der Waals surface area contributed by atoms with Crippen molar-refractivity contribution in [3.05, 3.63) is 69.2 Å². The number of nitrogens with zero attached hydrogens (tertiary/aromatic N) is 1. The molecule has 0 aromatic heterocycles. The van der Waals surface area contributed by atoms with E-state index in [2.05, 4.69) is 51.9 Å². The van der Waals surface area contributed by atoms with Gasteiger partial charge in [-0.05, 0) is 71.9 Å². The largest absolute Gasteiger partial charge is 0.394 e. The second-order valence-electron chi connectivity index (χ2n) is 7.54. The number of carbonyl (C=O) groups excluding carboxylic acids is 1. The fraction of sp³-hybridized carbons (Fsp3) is 0.318. The monoisotopic (exact) mass is 445 g/mol. The normalized spacial score (nSPS) is 15.1. The standard InChI is InChI=1S/C22H24BrNO2S/c1-27(2,3)10-9-16-5-4-6-17(11-16)12-20(15-25)24-14-18-13-19(23)7-8-21(18)22(24)26/h4-8,11,13,20,25H,12,14-15H2,1-3H3. The Hall–Kier alpha value is -1.74. The van der Waals surface area contributed by atoms with E-state index >= 15 is 0 Å². The topological polar surface area (TPSA) is 40.5 Å². The zero-order chi connectivity index (χ0) is 19.6. The maximum Gasteiger partial charge on any atom is 0.254 e. The number of aliphatic hydroxyl groups excluding tert-OH is 1. The fourth-order valence-corrected chi connectivity index (χ4v) is 3.97. The fourth-order valence-electron chi connectivity index (χ4n) is 3.14. The van der Waals surface area contributed by atoms with Gasteiger partial charge in [0.1, 0.15) is 0 Å². The minimum Gasteiger partial charge on any atom is -0.394 e. The Balaban J connectivity index is 1.78. The van der Waals surface area contributed by atoms with Crippen LogP contribution < -0.4 is 0 Å². The zero-order valence-corrected chi connectivity index (χ0v) is 18.2. The van der Waals surface area contributed by atoms with E-state index in [1.54, 1.807) is 4.90 Å². The van der Waals surface area contributed by atoms with Crippen LogP contribution in [0.4, 0.5) is 0 Å². The summed E-state index contributed by atoms with van der Waals surface area (Å²) in [5, 5.41) is 13.3. The second kappa shape index (κ2) is 8.10. The lowest BCUT2D eigenvalue weighted by molar-refractivity contribution is 0.0618. The highest BCUT2D eigenvalue weighted by Gasteiger charge is 2.32. The van der Waals surface area contributed by atoms with Gasteiger partial charge in [0, 0.05) is 22.1 Å². The first-order chi connectivity index (χ1) is 12.8. The lowest BCUT2D eigenvalue weighted by atomic mass is 10.0. The molecule has 0 bridgehead atoms. The minimum atomic E-state index is -0.875. The van der Waals surface area contributed by atoms with Gasteiger partial charge in [-0.15, -0.1) is 0 Å². The molecule has 5 heteroatoms. The third-order valence-corrected chi connectivity index (χ3v) is 5.66. The van der Waals surface area contributed by atoms with Crippen LogP contribution in [0.2, 0.25) is 0 Å². The highest BCUT2D eigenvalue weighted by Crippen LogP contribution is 2.32. The Morgan fingerprint density at radius 1 is 1.22 bits per heavy atom. The molecule has 0 fully saturated rings. The van der Waals surface area contributed by atoms with Gasteiger partial charge < -0.3 is 10.0 Å². The minimum absolute atomic E-state index is 0.0103. The van der Waals surface area contributed by atoms with Gasteiger partial charge in [0.15, 0.2) is 0 Å². The molecule has 0 saturated heterocycles. The molecule has 1 N–H and O–H groups in total. The molecular weight excluding hydrogens is 422 g/mol. The average Bonchev–Trinajstić information content (AvgIpc) is 2.93.